The van der Waals surface area contributed by atoms with Crippen LogP contribution < -0.4 is 10.1 Å². The summed E-state index contributed by atoms with van der Waals surface area (Å²) in [4.78, 5) is 41.2. The lowest BCUT2D eigenvalue weighted by molar-refractivity contribution is -0.165. The van der Waals surface area contributed by atoms with E-state index in [9.17, 15) is 14.4 Å². The van der Waals surface area contributed by atoms with Crippen LogP contribution in [0.4, 0.5) is 4.79 Å². The number of hydrogen-bond donors (Lipinski definition) is 1. The van der Waals surface area contributed by atoms with Gasteiger partial charge in [0.25, 0.3) is 0 Å². The topological polar surface area (TPSA) is 103 Å². The average Bonchev–Trinajstić information content (AvgIpc) is 3.33. The Hall–Kier alpha value is -3.69. The number of esters is 2. The molecule has 1 aliphatic rings. The maximum absolute atomic E-state index is 13.4. The number of alkyl carbamates (subject to hydrolysis) is 1. The molecule has 0 saturated carbocycles. The summed E-state index contributed by atoms with van der Waals surface area (Å²) in [5.74, 6) is -0.811. The summed E-state index contributed by atoms with van der Waals surface area (Å²) in [6, 6.07) is 8.14. The van der Waals surface area contributed by atoms with Gasteiger partial charge in [0.15, 0.2) is 0 Å². The summed E-state index contributed by atoms with van der Waals surface area (Å²) in [6.07, 6.45) is 4.69. The van der Waals surface area contributed by atoms with Crippen LogP contribution in [0.15, 0.2) is 49.6 Å². The fourth-order valence-electron chi connectivity index (χ4n) is 5.54. The van der Waals surface area contributed by atoms with E-state index in [1.54, 1.807) is 48.1 Å². The smallest absolute Gasteiger partial charge is 0.407 e. The number of carbonyl (C=O) groups excluding carboxylic acids is 3. The number of ether oxygens (including phenoxy) is 4. The lowest BCUT2D eigenvalue weighted by atomic mass is 9.86. The molecule has 9 heteroatoms. The van der Waals surface area contributed by atoms with Gasteiger partial charge in [-0.05, 0) is 65.3 Å². The first-order valence-corrected chi connectivity index (χ1v) is 14.9. The molecule has 3 atom stereocenters. The van der Waals surface area contributed by atoms with Crippen LogP contribution in [0.5, 0.6) is 5.75 Å². The number of nitrogens with zero attached hydrogens (tertiary/aromatic N) is 1. The highest BCUT2D eigenvalue weighted by molar-refractivity contribution is 5.93. The van der Waals surface area contributed by atoms with E-state index in [-0.39, 0.29) is 18.4 Å². The standard InChI is InChI=1S/C35H48N2O7/c1-11-13-16-34(6,7)22-43-32(40)36-29(33(3,4)5)31(39)44-30(38)27-20-35(42-10,21-37(27)8)26-15-14-24-19-28(41-9)23(12-2)17-25(24)18-26/h11-12,14-15,17-19,27,29H,1-2,13,16,20-22H2,3-10H3,(H,36,40)/t27?,29-,35?/m1/s1. The zero-order valence-electron chi connectivity index (χ0n) is 27.5. The Balaban J connectivity index is 1.75. The second-order valence-corrected chi connectivity index (χ2v) is 13.4. The van der Waals surface area contributed by atoms with Gasteiger partial charge in [-0.2, -0.15) is 0 Å². The quantitative estimate of drug-likeness (QED) is 0.172. The predicted molar refractivity (Wildman–Crippen MR) is 172 cm³/mol. The lowest BCUT2D eigenvalue weighted by Gasteiger charge is -2.30. The molecule has 2 unspecified atom stereocenters. The number of hydrogen-bond acceptors (Lipinski definition) is 8. The lowest BCUT2D eigenvalue weighted by Crippen LogP contribution is -2.51. The number of rotatable bonds is 12. The molecular formula is C35H48N2O7. The Kier molecular flexibility index (Phi) is 11.0. The highest BCUT2D eigenvalue weighted by Crippen LogP contribution is 2.40. The van der Waals surface area contributed by atoms with Gasteiger partial charge in [-0.25, -0.2) is 14.4 Å². The number of benzene rings is 2. The van der Waals surface area contributed by atoms with Crippen LogP contribution in [0.25, 0.3) is 16.8 Å². The van der Waals surface area contributed by atoms with Gasteiger partial charge in [0.1, 0.15) is 23.4 Å². The molecule has 0 spiro atoms. The van der Waals surface area contributed by atoms with E-state index in [0.29, 0.717) is 6.54 Å². The molecule has 2 aromatic carbocycles. The fraction of sp³-hybridized carbons (Fsp3) is 0.514. The molecule has 44 heavy (non-hydrogen) atoms. The van der Waals surface area contributed by atoms with Crippen molar-refractivity contribution in [1.29, 1.82) is 0 Å². The van der Waals surface area contributed by atoms with Crippen molar-refractivity contribution in [1.82, 2.24) is 10.2 Å². The zero-order chi connectivity index (χ0) is 32.9. The molecule has 0 aliphatic carbocycles. The van der Waals surface area contributed by atoms with Gasteiger partial charge >= 0.3 is 18.0 Å². The third-order valence-corrected chi connectivity index (χ3v) is 8.34. The van der Waals surface area contributed by atoms with E-state index in [2.05, 4.69) is 18.5 Å². The summed E-state index contributed by atoms with van der Waals surface area (Å²) in [7, 11) is 5.04. The third-order valence-electron chi connectivity index (χ3n) is 8.34. The molecule has 240 valence electrons. The first-order chi connectivity index (χ1) is 20.6. The number of likely N-dealkylation sites (tertiary alicyclic amines) is 1. The van der Waals surface area contributed by atoms with Crippen LogP contribution >= 0.6 is 0 Å². The number of methoxy groups -OCH3 is 2. The van der Waals surface area contributed by atoms with Crippen LogP contribution in [-0.4, -0.2) is 69.4 Å². The first-order valence-electron chi connectivity index (χ1n) is 14.9. The predicted octanol–water partition coefficient (Wildman–Crippen LogP) is 6.24. The molecule has 0 aromatic heterocycles. The Morgan fingerprint density at radius 3 is 2.39 bits per heavy atom. The van der Waals surface area contributed by atoms with Crippen molar-refractivity contribution < 1.29 is 33.3 Å². The second kappa shape index (κ2) is 13.9. The maximum Gasteiger partial charge on any atom is 0.407 e. The summed E-state index contributed by atoms with van der Waals surface area (Å²) in [6.45, 7) is 17.5. The molecule has 9 nitrogen and oxygen atoms in total. The van der Waals surface area contributed by atoms with Crippen molar-refractivity contribution in [2.24, 2.45) is 10.8 Å². The minimum Gasteiger partial charge on any atom is -0.496 e. The summed E-state index contributed by atoms with van der Waals surface area (Å²) < 4.78 is 22.4. The monoisotopic (exact) mass is 608 g/mol. The van der Waals surface area contributed by atoms with Gasteiger partial charge in [-0.1, -0.05) is 65.5 Å². The Labute approximate surface area is 261 Å². The van der Waals surface area contributed by atoms with Crippen LogP contribution in [0.1, 0.15) is 65.0 Å². The summed E-state index contributed by atoms with van der Waals surface area (Å²) in [5.41, 5.74) is -0.0478. The summed E-state index contributed by atoms with van der Waals surface area (Å²) in [5, 5.41) is 4.59. The summed E-state index contributed by atoms with van der Waals surface area (Å²) >= 11 is 0. The van der Waals surface area contributed by atoms with E-state index in [1.165, 1.54) is 0 Å². The SMILES string of the molecule is C=CCCC(C)(C)COC(=O)N[C@H](C(=O)OC(=O)C1CC(OC)(c2ccc3cc(OC)c(C=C)cc3c2)CN1C)C(C)(C)C. The Bertz CT molecular complexity index is 1390. The normalized spacial score (nSPS) is 19.7. The second-order valence-electron chi connectivity index (χ2n) is 13.4. The van der Waals surface area contributed by atoms with Crippen LogP contribution in [-0.2, 0) is 29.4 Å². The Morgan fingerprint density at radius 1 is 1.09 bits per heavy atom. The molecule has 0 bridgehead atoms. The molecule has 1 heterocycles. The van der Waals surface area contributed by atoms with Gasteiger partial charge in [-0.15, -0.1) is 6.58 Å². The highest BCUT2D eigenvalue weighted by atomic mass is 16.6. The van der Waals surface area contributed by atoms with E-state index in [0.717, 1.165) is 40.5 Å². The van der Waals surface area contributed by atoms with E-state index in [1.807, 2.05) is 55.2 Å². The number of allylic oxidation sites excluding steroid dienone is 1. The van der Waals surface area contributed by atoms with Crippen LogP contribution in [0, 0.1) is 10.8 Å². The zero-order valence-corrected chi connectivity index (χ0v) is 27.5. The fourth-order valence-corrected chi connectivity index (χ4v) is 5.54. The minimum atomic E-state index is -1.11. The highest BCUT2D eigenvalue weighted by Gasteiger charge is 2.49. The van der Waals surface area contributed by atoms with Gasteiger partial charge < -0.3 is 24.3 Å². The van der Waals surface area contributed by atoms with E-state index in [4.69, 9.17) is 18.9 Å². The molecule has 2 aromatic rings. The number of amides is 1. The molecule has 0 radical (unpaired) electrons. The van der Waals surface area contributed by atoms with Crippen molar-refractivity contribution in [2.75, 3.05) is 34.4 Å². The van der Waals surface area contributed by atoms with Crippen molar-refractivity contribution >= 4 is 34.9 Å². The van der Waals surface area contributed by atoms with Gasteiger partial charge in [-0.3, -0.25) is 4.90 Å². The number of fused-ring (bicyclic) bond motifs is 1. The number of carbonyl (C=O) groups is 3. The maximum atomic E-state index is 13.4. The van der Waals surface area contributed by atoms with Crippen LogP contribution in [0.3, 0.4) is 0 Å². The molecule has 1 N–H and O–H groups in total. The molecule has 3 rings (SSSR count). The van der Waals surface area contributed by atoms with Gasteiger partial charge in [0.2, 0.25) is 0 Å². The number of nitrogens with one attached hydrogen (secondary N) is 1. The average molecular weight is 609 g/mol. The van der Waals surface area contributed by atoms with Crippen molar-refractivity contribution in [3.63, 3.8) is 0 Å². The minimum absolute atomic E-state index is 0.167. The van der Waals surface area contributed by atoms with Gasteiger partial charge in [0, 0.05) is 25.6 Å². The van der Waals surface area contributed by atoms with E-state index < -0.39 is 41.1 Å². The molecule has 1 aliphatic heterocycles. The van der Waals surface area contributed by atoms with Crippen LogP contribution in [0.2, 0.25) is 0 Å². The van der Waals surface area contributed by atoms with Crippen molar-refractivity contribution in [3.05, 3.63) is 60.7 Å². The number of likely N-dealkylation sites (N-methyl/N-ethyl adjacent to an activating group) is 1. The van der Waals surface area contributed by atoms with Crippen molar-refractivity contribution in [3.8, 4) is 5.75 Å². The van der Waals surface area contributed by atoms with Crippen molar-refractivity contribution in [2.45, 2.75) is 71.6 Å². The van der Waals surface area contributed by atoms with Gasteiger partial charge in [0.05, 0.1) is 13.7 Å². The molecular weight excluding hydrogens is 560 g/mol. The molecule has 1 saturated heterocycles. The molecule has 1 amide bonds. The largest absolute Gasteiger partial charge is 0.496 e. The Morgan fingerprint density at radius 2 is 1.80 bits per heavy atom. The molecule has 1 fully saturated rings. The third kappa shape index (κ3) is 8.07. The van der Waals surface area contributed by atoms with E-state index >= 15 is 0 Å². The first kappa shape index (κ1) is 34.8.